The highest BCUT2D eigenvalue weighted by atomic mass is 32.3. The molecule has 0 aromatic rings. The number of hydrogen-bond acceptors (Lipinski definition) is 6. The molecule has 50 heavy (non-hydrogen) atoms. The Hall–Kier alpha value is -1.03. The molecule has 0 bridgehead atoms. The van der Waals surface area contributed by atoms with Crippen LogP contribution in [-0.2, 0) is 19.4 Å². The van der Waals surface area contributed by atoms with Crippen LogP contribution >= 0.6 is 0 Å². The van der Waals surface area contributed by atoms with E-state index in [1.807, 2.05) is 0 Å². The van der Waals surface area contributed by atoms with Gasteiger partial charge in [0.25, 0.3) is 0 Å². The average Bonchev–Trinajstić information content (AvgIpc) is 3.44. The van der Waals surface area contributed by atoms with Crippen LogP contribution in [0.25, 0.3) is 0 Å². The van der Waals surface area contributed by atoms with Crippen LogP contribution in [0.1, 0.15) is 213 Å². The molecule has 0 saturated carbocycles. The smallest absolute Gasteiger partial charge is 0.220 e. The van der Waals surface area contributed by atoms with E-state index in [2.05, 4.69) is 30.4 Å². The number of nitrogens with one attached hydrogen (secondary N) is 1. The lowest BCUT2D eigenvalue weighted by Crippen LogP contribution is -2.51. The van der Waals surface area contributed by atoms with Crippen LogP contribution in [-0.4, -0.2) is 69.0 Å². The van der Waals surface area contributed by atoms with Gasteiger partial charge in [0.2, 0.25) is 16.3 Å². The van der Waals surface area contributed by atoms with Crippen LogP contribution in [0.15, 0.2) is 4.99 Å². The number of amides is 1. The first-order valence-electron chi connectivity index (χ1n) is 21.4. The second-order valence-corrected chi connectivity index (χ2v) is 16.1. The van der Waals surface area contributed by atoms with E-state index in [0.717, 1.165) is 43.5 Å². The maximum atomic E-state index is 12.4. The first-order valence-corrected chi connectivity index (χ1v) is 22.8. The standard InChI is InChI=1S/C39H77N3O.C2H6O4S/c1-4-6-8-10-12-14-16-18-19-21-22-24-26-28-30-32-38-40-34-36-42(38,3)37-35-41-39(43)33-31-29-27-25-23-20-17-15-13-11-9-7-5-2;1-2-6-7(3,4)5/h4-37H2,1-3H3;2H2,1H3,(H,3,4,5). The molecular formula is C41H83N3O5S. The lowest BCUT2D eigenvalue weighted by Gasteiger charge is -2.30. The number of quaternary nitrogens is 1. The van der Waals surface area contributed by atoms with Crippen molar-refractivity contribution in [3.05, 3.63) is 0 Å². The van der Waals surface area contributed by atoms with E-state index in [-0.39, 0.29) is 12.5 Å². The summed E-state index contributed by atoms with van der Waals surface area (Å²) in [4.78, 5) is 17.3. The minimum Gasteiger partial charge on any atom is -0.726 e. The maximum Gasteiger partial charge on any atom is 0.220 e. The van der Waals surface area contributed by atoms with Gasteiger partial charge in [-0.1, -0.05) is 181 Å². The van der Waals surface area contributed by atoms with Gasteiger partial charge in [-0.15, -0.1) is 0 Å². The van der Waals surface area contributed by atoms with Gasteiger partial charge in [-0.2, -0.15) is 0 Å². The van der Waals surface area contributed by atoms with Crippen LogP contribution in [0.2, 0.25) is 0 Å². The second kappa shape index (κ2) is 35.0. The number of likely N-dealkylation sites (N-methyl/N-ethyl adjacent to an activating group) is 1. The summed E-state index contributed by atoms with van der Waals surface area (Å²) in [6, 6.07) is 0. The highest BCUT2D eigenvalue weighted by Gasteiger charge is 2.32. The third-order valence-electron chi connectivity index (χ3n) is 10.2. The number of carbonyl (C=O) groups excluding carboxylic acids is 1. The number of nitrogens with zero attached hydrogens (tertiary/aromatic N) is 2. The van der Waals surface area contributed by atoms with Crippen LogP contribution in [0.4, 0.5) is 0 Å². The Balaban J connectivity index is 0.00000308. The van der Waals surface area contributed by atoms with Crippen LogP contribution in [0.3, 0.4) is 0 Å². The molecule has 0 aromatic heterocycles. The Bertz CT molecular complexity index is 899. The van der Waals surface area contributed by atoms with E-state index in [4.69, 9.17) is 4.99 Å². The number of hydrogen-bond donors (Lipinski definition) is 1. The van der Waals surface area contributed by atoms with Gasteiger partial charge in [-0.05, 0) is 19.8 Å². The van der Waals surface area contributed by atoms with Gasteiger partial charge >= 0.3 is 0 Å². The largest absolute Gasteiger partial charge is 0.726 e. The predicted molar refractivity (Wildman–Crippen MR) is 212 cm³/mol. The molecule has 0 saturated heterocycles. The summed E-state index contributed by atoms with van der Waals surface area (Å²) in [6.07, 6.45) is 40.6. The highest BCUT2D eigenvalue weighted by Crippen LogP contribution is 2.19. The zero-order valence-corrected chi connectivity index (χ0v) is 34.4. The van der Waals surface area contributed by atoms with Crippen molar-refractivity contribution in [2.45, 2.75) is 213 Å². The summed E-state index contributed by atoms with van der Waals surface area (Å²) in [7, 11) is -2.10. The van der Waals surface area contributed by atoms with Crippen LogP contribution < -0.4 is 5.32 Å². The fourth-order valence-corrected chi connectivity index (χ4v) is 7.21. The Morgan fingerprint density at radius 1 is 0.660 bits per heavy atom. The molecule has 1 rings (SSSR count). The first-order chi connectivity index (χ1) is 24.2. The monoisotopic (exact) mass is 730 g/mol. The van der Waals surface area contributed by atoms with Crippen molar-refractivity contribution in [3.8, 4) is 0 Å². The summed E-state index contributed by atoms with van der Waals surface area (Å²) < 4.78 is 32.9. The van der Waals surface area contributed by atoms with Gasteiger partial charge in [0.1, 0.15) is 13.1 Å². The fourth-order valence-electron chi connectivity index (χ4n) is 6.92. The van der Waals surface area contributed by atoms with Gasteiger partial charge in [0.15, 0.2) is 5.84 Å². The molecule has 1 unspecified atom stereocenters. The minimum atomic E-state index is -4.42. The predicted octanol–water partition coefficient (Wildman–Crippen LogP) is 11.2. The molecule has 0 aromatic carbocycles. The molecule has 0 radical (unpaired) electrons. The van der Waals surface area contributed by atoms with Gasteiger partial charge in [0, 0.05) is 12.8 Å². The Morgan fingerprint density at radius 2 is 1.04 bits per heavy atom. The maximum absolute atomic E-state index is 12.4. The van der Waals surface area contributed by atoms with Crippen LogP contribution in [0.5, 0.6) is 0 Å². The van der Waals surface area contributed by atoms with E-state index < -0.39 is 10.4 Å². The van der Waals surface area contributed by atoms with Gasteiger partial charge in [0.05, 0.1) is 26.7 Å². The third-order valence-corrected chi connectivity index (χ3v) is 10.7. The molecule has 0 spiro atoms. The molecule has 1 aliphatic heterocycles. The van der Waals surface area contributed by atoms with Gasteiger partial charge in [-0.25, -0.2) is 13.4 Å². The molecule has 0 aliphatic carbocycles. The zero-order valence-electron chi connectivity index (χ0n) is 33.6. The number of unbranched alkanes of at least 4 members (excludes halogenated alkanes) is 26. The summed E-state index contributed by atoms with van der Waals surface area (Å²) in [6.45, 7) is 9.75. The lowest BCUT2D eigenvalue weighted by atomic mass is 10.0. The highest BCUT2D eigenvalue weighted by molar-refractivity contribution is 7.80. The molecule has 1 atom stereocenters. The lowest BCUT2D eigenvalue weighted by molar-refractivity contribution is -0.814. The Labute approximate surface area is 311 Å². The molecule has 9 heteroatoms. The summed E-state index contributed by atoms with van der Waals surface area (Å²) in [5.41, 5.74) is 0. The molecular weight excluding hydrogens is 647 g/mol. The van der Waals surface area contributed by atoms with Gasteiger partial charge in [-0.3, -0.25) is 13.5 Å². The second-order valence-electron chi connectivity index (χ2n) is 15.0. The van der Waals surface area contributed by atoms with Crippen molar-refractivity contribution in [2.75, 3.05) is 39.8 Å². The Morgan fingerprint density at radius 3 is 1.40 bits per heavy atom. The van der Waals surface area contributed by atoms with Crippen molar-refractivity contribution >= 4 is 22.1 Å². The molecule has 8 nitrogen and oxygen atoms in total. The van der Waals surface area contributed by atoms with E-state index in [0.29, 0.717) is 6.42 Å². The van der Waals surface area contributed by atoms with Gasteiger partial charge < -0.3 is 9.87 Å². The molecule has 1 heterocycles. The number of amidine groups is 1. The normalized spacial score (nSPS) is 15.9. The van der Waals surface area contributed by atoms with Crippen molar-refractivity contribution in [1.82, 2.24) is 5.32 Å². The number of carbonyl (C=O) groups is 1. The Kier molecular flexibility index (Phi) is 34.3. The van der Waals surface area contributed by atoms with E-state index >= 15 is 0 Å². The first kappa shape index (κ1) is 49.0. The topological polar surface area (TPSA) is 108 Å². The fraction of sp³-hybridized carbons (Fsp3) is 0.951. The van der Waals surface area contributed by atoms with E-state index in [1.54, 1.807) is 0 Å². The summed E-state index contributed by atoms with van der Waals surface area (Å²) in [5.74, 6) is 1.62. The van der Waals surface area contributed by atoms with Crippen molar-refractivity contribution in [1.29, 1.82) is 0 Å². The molecule has 298 valence electrons. The summed E-state index contributed by atoms with van der Waals surface area (Å²) >= 11 is 0. The minimum absolute atomic E-state index is 0.0914. The van der Waals surface area contributed by atoms with Crippen molar-refractivity contribution < 1.29 is 26.4 Å². The SMILES string of the molecule is CCCCCCCCCCCCCCCCCC1=NCC[N+]1(C)CCNC(=O)CCCCCCCCCCCCCCC.CCOS(=O)(=O)[O-]. The van der Waals surface area contributed by atoms with E-state index in [1.165, 1.54) is 186 Å². The van der Waals surface area contributed by atoms with Crippen LogP contribution in [0, 0.1) is 0 Å². The molecule has 0 fully saturated rings. The molecule has 1 N–H and O–H groups in total. The van der Waals surface area contributed by atoms with Crippen molar-refractivity contribution in [3.63, 3.8) is 0 Å². The summed E-state index contributed by atoms with van der Waals surface area (Å²) in [5, 5.41) is 3.21. The quantitative estimate of drug-likeness (QED) is 0.0302. The molecule has 1 aliphatic rings. The number of aliphatic imine (C=N–C) groups is 1. The average molecular weight is 730 g/mol. The zero-order chi connectivity index (χ0) is 37.0. The third kappa shape index (κ3) is 32.8. The molecule has 1 amide bonds. The number of rotatable bonds is 35. The van der Waals surface area contributed by atoms with Crippen molar-refractivity contribution in [2.24, 2.45) is 4.99 Å². The van der Waals surface area contributed by atoms with E-state index in [9.17, 15) is 17.8 Å².